The molecule has 1 aromatic carbocycles. The molecule has 0 aliphatic heterocycles. The van der Waals surface area contributed by atoms with E-state index >= 15 is 0 Å². The number of amides is 1. The molecule has 0 aliphatic rings. The Balaban J connectivity index is 2.56. The quantitative estimate of drug-likeness (QED) is 0.322. The maximum Gasteiger partial charge on any atom is 0.422 e. The largest absolute Gasteiger partial charge is 0.443 e. The lowest BCUT2D eigenvalue weighted by Crippen LogP contribution is -2.33. The van der Waals surface area contributed by atoms with Crippen LogP contribution in [0.15, 0.2) is 30.3 Å². The maximum absolute atomic E-state index is 12.4. The molecule has 1 amide bonds. The van der Waals surface area contributed by atoms with Crippen molar-refractivity contribution in [1.82, 2.24) is 4.90 Å². The Bertz CT molecular complexity index is 549. The van der Waals surface area contributed by atoms with Gasteiger partial charge in [0.1, 0.15) is 5.60 Å². The van der Waals surface area contributed by atoms with E-state index in [9.17, 15) is 4.79 Å². The standard InChI is InChI=1S/C22H33NO2/c1-5-6-7-8-9-10-11-15-18-23(21(24)25-22(2,3)4)19-20-16-13-12-14-17-20/h12-14,16-17H,5-11,19H2,1-4H3. The summed E-state index contributed by atoms with van der Waals surface area (Å²) in [7, 11) is 0. The van der Waals surface area contributed by atoms with Gasteiger partial charge in [-0.2, -0.15) is 0 Å². The molecule has 1 rings (SSSR count). The van der Waals surface area contributed by atoms with Gasteiger partial charge in [-0.15, -0.1) is 0 Å². The molecule has 0 radical (unpaired) electrons. The number of carbonyl (C=O) groups excluding carboxylic acids is 1. The van der Waals surface area contributed by atoms with E-state index in [1.54, 1.807) is 0 Å². The zero-order valence-corrected chi connectivity index (χ0v) is 16.3. The van der Waals surface area contributed by atoms with E-state index in [1.165, 1.54) is 37.0 Å². The molecule has 3 nitrogen and oxygen atoms in total. The van der Waals surface area contributed by atoms with Crippen LogP contribution in [-0.2, 0) is 11.3 Å². The van der Waals surface area contributed by atoms with Gasteiger partial charge in [-0.25, -0.2) is 9.69 Å². The van der Waals surface area contributed by atoms with E-state index in [1.807, 2.05) is 51.1 Å². The Morgan fingerprint density at radius 1 is 1.04 bits per heavy atom. The fourth-order valence-corrected chi connectivity index (χ4v) is 2.38. The van der Waals surface area contributed by atoms with Crippen molar-refractivity contribution in [2.45, 2.75) is 84.8 Å². The van der Waals surface area contributed by atoms with Crippen LogP contribution in [-0.4, -0.2) is 16.6 Å². The fourth-order valence-electron chi connectivity index (χ4n) is 2.38. The molecule has 0 fully saturated rings. The van der Waals surface area contributed by atoms with E-state index < -0.39 is 5.60 Å². The summed E-state index contributed by atoms with van der Waals surface area (Å²) in [4.78, 5) is 13.9. The number of carbonyl (C=O) groups is 1. The van der Waals surface area contributed by atoms with Crippen LogP contribution >= 0.6 is 0 Å². The highest BCUT2D eigenvalue weighted by atomic mass is 16.6. The predicted octanol–water partition coefficient (Wildman–Crippen LogP) is 6.14. The van der Waals surface area contributed by atoms with Crippen molar-refractivity contribution in [3.63, 3.8) is 0 Å². The van der Waals surface area contributed by atoms with Crippen LogP contribution in [0.3, 0.4) is 0 Å². The Kier molecular flexibility index (Phi) is 9.77. The summed E-state index contributed by atoms with van der Waals surface area (Å²) in [5, 5.41) is 0. The van der Waals surface area contributed by atoms with Crippen LogP contribution in [0.5, 0.6) is 0 Å². The van der Waals surface area contributed by atoms with Gasteiger partial charge in [0.15, 0.2) is 0 Å². The summed E-state index contributed by atoms with van der Waals surface area (Å²) in [6, 6.07) is 12.9. The van der Waals surface area contributed by atoms with Gasteiger partial charge in [-0.3, -0.25) is 0 Å². The number of unbranched alkanes of at least 4 members (excludes halogenated alkanes) is 6. The minimum atomic E-state index is -0.521. The predicted molar refractivity (Wildman–Crippen MR) is 104 cm³/mol. The third-order valence-electron chi connectivity index (χ3n) is 3.67. The Morgan fingerprint density at radius 2 is 1.68 bits per heavy atom. The molecule has 0 saturated heterocycles. The lowest BCUT2D eigenvalue weighted by Gasteiger charge is -2.23. The lowest BCUT2D eigenvalue weighted by atomic mass is 10.1. The van der Waals surface area contributed by atoms with Crippen LogP contribution in [0.2, 0.25) is 0 Å². The first-order chi connectivity index (χ1) is 11.9. The third kappa shape index (κ3) is 10.5. The van der Waals surface area contributed by atoms with E-state index in [-0.39, 0.29) is 6.09 Å². The normalized spacial score (nSPS) is 10.7. The number of benzene rings is 1. The van der Waals surface area contributed by atoms with E-state index in [0.29, 0.717) is 6.54 Å². The van der Waals surface area contributed by atoms with Crippen molar-refractivity contribution < 1.29 is 9.53 Å². The summed E-state index contributed by atoms with van der Waals surface area (Å²) in [5.74, 6) is 3.14. The van der Waals surface area contributed by atoms with Crippen LogP contribution in [0.1, 0.15) is 78.2 Å². The molecule has 0 N–H and O–H groups in total. The first-order valence-electron chi connectivity index (χ1n) is 9.45. The SMILES string of the molecule is CCCCCCCCC#CN(Cc1ccccc1)C(=O)OC(C)(C)C. The van der Waals surface area contributed by atoms with Gasteiger partial charge in [-0.1, -0.05) is 75.3 Å². The summed E-state index contributed by atoms with van der Waals surface area (Å²) in [6.07, 6.45) is 7.90. The highest BCUT2D eigenvalue weighted by molar-refractivity contribution is 5.70. The highest BCUT2D eigenvalue weighted by Gasteiger charge is 2.21. The van der Waals surface area contributed by atoms with Crippen molar-refractivity contribution in [1.29, 1.82) is 0 Å². The van der Waals surface area contributed by atoms with Crippen molar-refractivity contribution in [2.75, 3.05) is 0 Å². The van der Waals surface area contributed by atoms with Crippen molar-refractivity contribution in [2.24, 2.45) is 0 Å². The number of ether oxygens (including phenoxy) is 1. The molecule has 0 spiro atoms. The van der Waals surface area contributed by atoms with E-state index in [0.717, 1.165) is 18.4 Å². The summed E-state index contributed by atoms with van der Waals surface area (Å²) in [6.45, 7) is 8.28. The van der Waals surface area contributed by atoms with Gasteiger partial charge in [-0.05, 0) is 32.8 Å². The van der Waals surface area contributed by atoms with Gasteiger partial charge in [0.25, 0.3) is 0 Å². The second-order valence-corrected chi connectivity index (χ2v) is 7.36. The monoisotopic (exact) mass is 343 g/mol. The van der Waals surface area contributed by atoms with Crippen molar-refractivity contribution in [3.05, 3.63) is 35.9 Å². The van der Waals surface area contributed by atoms with E-state index in [4.69, 9.17) is 4.74 Å². The molecule has 3 heteroatoms. The van der Waals surface area contributed by atoms with Gasteiger partial charge >= 0.3 is 6.09 Å². The molecule has 0 aromatic heterocycles. The second-order valence-electron chi connectivity index (χ2n) is 7.36. The Hall–Kier alpha value is -1.95. The number of rotatable bonds is 8. The molecular weight excluding hydrogens is 310 g/mol. The fraction of sp³-hybridized carbons (Fsp3) is 0.591. The van der Waals surface area contributed by atoms with Crippen LogP contribution in [0.4, 0.5) is 4.79 Å². The van der Waals surface area contributed by atoms with Gasteiger partial charge < -0.3 is 4.74 Å². The van der Waals surface area contributed by atoms with Crippen LogP contribution in [0.25, 0.3) is 0 Å². The average molecular weight is 344 g/mol. The smallest absolute Gasteiger partial charge is 0.422 e. The summed E-state index contributed by atoms with van der Waals surface area (Å²) in [5.41, 5.74) is 0.523. The Morgan fingerprint density at radius 3 is 2.32 bits per heavy atom. The highest BCUT2D eigenvalue weighted by Crippen LogP contribution is 2.12. The first kappa shape index (κ1) is 21.1. The number of hydrogen-bond acceptors (Lipinski definition) is 2. The van der Waals surface area contributed by atoms with Gasteiger partial charge in [0, 0.05) is 12.5 Å². The number of nitrogens with zero attached hydrogens (tertiary/aromatic N) is 1. The van der Waals surface area contributed by atoms with Gasteiger partial charge in [0.2, 0.25) is 0 Å². The average Bonchev–Trinajstić information content (AvgIpc) is 2.55. The third-order valence-corrected chi connectivity index (χ3v) is 3.67. The zero-order chi connectivity index (χ0) is 18.5. The second kappa shape index (κ2) is 11.6. The molecule has 0 heterocycles. The maximum atomic E-state index is 12.4. The lowest BCUT2D eigenvalue weighted by molar-refractivity contribution is 0.0341. The molecule has 25 heavy (non-hydrogen) atoms. The topological polar surface area (TPSA) is 29.5 Å². The molecule has 0 saturated carbocycles. The van der Waals surface area contributed by atoms with Gasteiger partial charge in [0.05, 0.1) is 6.54 Å². The molecular formula is C22H33NO2. The van der Waals surface area contributed by atoms with Crippen molar-refractivity contribution >= 4 is 6.09 Å². The van der Waals surface area contributed by atoms with Crippen molar-refractivity contribution in [3.8, 4) is 12.0 Å². The Labute approximate surface area is 153 Å². The summed E-state index contributed by atoms with van der Waals surface area (Å²) < 4.78 is 5.48. The molecule has 0 aliphatic carbocycles. The summed E-state index contributed by atoms with van der Waals surface area (Å²) >= 11 is 0. The first-order valence-corrected chi connectivity index (χ1v) is 9.45. The minimum absolute atomic E-state index is 0.383. The minimum Gasteiger partial charge on any atom is -0.443 e. The molecule has 1 aromatic rings. The molecule has 0 atom stereocenters. The zero-order valence-electron chi connectivity index (χ0n) is 16.3. The molecule has 0 unspecified atom stereocenters. The number of hydrogen-bond donors (Lipinski definition) is 0. The van der Waals surface area contributed by atoms with E-state index in [2.05, 4.69) is 18.9 Å². The van der Waals surface area contributed by atoms with Crippen LogP contribution in [0, 0.1) is 12.0 Å². The molecule has 138 valence electrons. The van der Waals surface area contributed by atoms with Crippen LogP contribution < -0.4 is 0 Å². The molecule has 0 bridgehead atoms.